The molecule has 5 N–H and O–H groups in total. The zero-order valence-electron chi connectivity index (χ0n) is 19.8. The molecule has 2 rings (SSSR count). The summed E-state index contributed by atoms with van der Waals surface area (Å²) in [5, 5.41) is 26.5. The normalized spacial score (nSPS) is 15.8. The van der Waals surface area contributed by atoms with E-state index >= 15 is 0 Å². The molecule has 3 amide bonds. The van der Waals surface area contributed by atoms with Crippen LogP contribution in [0.5, 0.6) is 0 Å². The molecule has 1 aromatic carbocycles. The minimum atomic E-state index is -1.14. The first-order valence-corrected chi connectivity index (χ1v) is 11.6. The van der Waals surface area contributed by atoms with E-state index in [4.69, 9.17) is 5.11 Å². The lowest BCUT2D eigenvalue weighted by Gasteiger charge is -2.33. The van der Waals surface area contributed by atoms with E-state index in [2.05, 4.69) is 16.0 Å². The molecule has 0 bridgehead atoms. The molecule has 11 nitrogen and oxygen atoms in total. The third-order valence-corrected chi connectivity index (χ3v) is 5.85. The van der Waals surface area contributed by atoms with Crippen LogP contribution < -0.4 is 16.0 Å². The third-order valence-electron chi connectivity index (χ3n) is 5.85. The molecule has 0 spiro atoms. The number of likely N-dealkylation sites (N-methyl/N-ethyl adjacent to an activating group) is 1. The van der Waals surface area contributed by atoms with Gasteiger partial charge in [-0.15, -0.1) is 0 Å². The van der Waals surface area contributed by atoms with Crippen molar-refractivity contribution in [3.8, 4) is 0 Å². The smallest absolute Gasteiger partial charge is 0.326 e. The van der Waals surface area contributed by atoms with E-state index in [9.17, 15) is 28.7 Å². The van der Waals surface area contributed by atoms with Crippen LogP contribution in [-0.4, -0.2) is 102 Å². The number of urea groups is 1. The monoisotopic (exact) mass is 495 g/mol. The zero-order valence-corrected chi connectivity index (χ0v) is 19.8. The number of rotatable bonds is 13. The lowest BCUT2D eigenvalue weighted by molar-refractivity contribution is -0.142. The number of carbonyl (C=O) groups excluding carboxylic acids is 2. The van der Waals surface area contributed by atoms with Gasteiger partial charge in [-0.2, -0.15) is 0 Å². The molecule has 35 heavy (non-hydrogen) atoms. The van der Waals surface area contributed by atoms with Crippen LogP contribution in [0.2, 0.25) is 0 Å². The molecule has 1 saturated heterocycles. The lowest BCUT2D eigenvalue weighted by atomic mass is 10.0. The summed E-state index contributed by atoms with van der Waals surface area (Å²) < 4.78 is 13.1. The highest BCUT2D eigenvalue weighted by molar-refractivity contribution is 5.87. The number of hydrogen-bond donors (Lipinski definition) is 5. The van der Waals surface area contributed by atoms with Gasteiger partial charge < -0.3 is 31.1 Å². The Labute approximate surface area is 203 Å². The van der Waals surface area contributed by atoms with Crippen molar-refractivity contribution in [3.05, 3.63) is 35.6 Å². The lowest BCUT2D eigenvalue weighted by Crippen LogP contribution is -2.52. The van der Waals surface area contributed by atoms with Crippen molar-refractivity contribution in [1.82, 2.24) is 25.8 Å². The molecule has 12 heteroatoms. The average Bonchev–Trinajstić information content (AvgIpc) is 2.82. The highest BCUT2D eigenvalue weighted by Crippen LogP contribution is 2.08. The minimum absolute atomic E-state index is 0.0436. The van der Waals surface area contributed by atoms with Gasteiger partial charge in [0.15, 0.2) is 0 Å². The van der Waals surface area contributed by atoms with Gasteiger partial charge in [-0.25, -0.2) is 14.0 Å². The number of nitrogens with zero attached hydrogens (tertiary/aromatic N) is 2. The molecule has 0 unspecified atom stereocenters. The summed E-state index contributed by atoms with van der Waals surface area (Å²) >= 11 is 0. The number of carbonyl (C=O) groups is 4. The third kappa shape index (κ3) is 9.87. The van der Waals surface area contributed by atoms with Gasteiger partial charge in [0.2, 0.25) is 5.91 Å². The van der Waals surface area contributed by atoms with Gasteiger partial charge in [-0.3, -0.25) is 14.5 Å². The fraction of sp³-hybridized carbons (Fsp3) is 0.565. The van der Waals surface area contributed by atoms with Gasteiger partial charge in [-0.1, -0.05) is 12.1 Å². The standard InChI is InChI=1S/C23H34FN5O6/c1-25-19(14-16-5-7-17(24)8-6-16)21(32)27-18(22(33)34)4-2-3-9-26-23(35)29-12-10-28(11-13-29)15-20(30)31/h5-8,18-19,25H,2-4,9-15H2,1H3,(H,26,35)(H,27,32)(H,30,31)(H,33,34)/t18-,19-/m0/s1. The van der Waals surface area contributed by atoms with Crippen LogP contribution >= 0.6 is 0 Å². The Morgan fingerprint density at radius 2 is 1.66 bits per heavy atom. The van der Waals surface area contributed by atoms with Crippen molar-refractivity contribution < 1.29 is 33.8 Å². The fourth-order valence-electron chi connectivity index (χ4n) is 3.79. The summed E-state index contributed by atoms with van der Waals surface area (Å²) in [5.41, 5.74) is 0.742. The largest absolute Gasteiger partial charge is 0.480 e. The molecule has 0 aliphatic carbocycles. The SMILES string of the molecule is CN[C@@H](Cc1ccc(F)cc1)C(=O)N[C@@H](CCCCNC(=O)N1CCN(CC(=O)O)CC1)C(=O)O. The number of amides is 3. The molecule has 1 aromatic rings. The van der Waals surface area contributed by atoms with Gasteiger partial charge in [0, 0.05) is 32.7 Å². The van der Waals surface area contributed by atoms with Crippen LogP contribution in [0.25, 0.3) is 0 Å². The number of benzene rings is 1. The Kier molecular flexibility index (Phi) is 11.4. The molecule has 1 aliphatic rings. The quantitative estimate of drug-likeness (QED) is 0.242. The second kappa shape index (κ2) is 14.2. The summed E-state index contributed by atoms with van der Waals surface area (Å²) in [7, 11) is 1.60. The highest BCUT2D eigenvalue weighted by Gasteiger charge is 2.25. The van der Waals surface area contributed by atoms with Gasteiger partial charge in [-0.05, 0) is 50.4 Å². The summed E-state index contributed by atoms with van der Waals surface area (Å²) in [4.78, 5) is 50.6. The second-order valence-electron chi connectivity index (χ2n) is 8.46. The predicted octanol–water partition coefficient (Wildman–Crippen LogP) is 0.108. The molecular formula is C23H34FN5O6. The maximum absolute atomic E-state index is 13.1. The molecule has 1 aliphatic heterocycles. The number of unbranched alkanes of at least 4 members (excludes halogenated alkanes) is 1. The minimum Gasteiger partial charge on any atom is -0.480 e. The summed E-state index contributed by atoms with van der Waals surface area (Å²) in [5.74, 6) is -2.87. The van der Waals surface area contributed by atoms with E-state index in [1.165, 1.54) is 12.1 Å². The number of halogens is 1. The van der Waals surface area contributed by atoms with Crippen LogP contribution in [0.1, 0.15) is 24.8 Å². The molecule has 0 aromatic heterocycles. The number of carboxylic acids is 2. The Morgan fingerprint density at radius 3 is 2.23 bits per heavy atom. The van der Waals surface area contributed by atoms with E-state index in [1.807, 2.05) is 0 Å². The highest BCUT2D eigenvalue weighted by atomic mass is 19.1. The predicted molar refractivity (Wildman–Crippen MR) is 125 cm³/mol. The van der Waals surface area contributed by atoms with E-state index in [0.717, 1.165) is 5.56 Å². The van der Waals surface area contributed by atoms with Crippen molar-refractivity contribution in [3.63, 3.8) is 0 Å². The first-order chi connectivity index (χ1) is 16.7. The molecule has 2 atom stereocenters. The van der Waals surface area contributed by atoms with Crippen molar-refractivity contribution in [2.24, 2.45) is 0 Å². The van der Waals surface area contributed by atoms with E-state index in [0.29, 0.717) is 45.6 Å². The van der Waals surface area contributed by atoms with Gasteiger partial charge in [0.1, 0.15) is 11.9 Å². The Bertz CT molecular complexity index is 860. The first-order valence-electron chi connectivity index (χ1n) is 11.6. The second-order valence-corrected chi connectivity index (χ2v) is 8.46. The molecule has 0 saturated carbocycles. The number of carboxylic acid groups (broad SMARTS) is 2. The number of hydrogen-bond acceptors (Lipinski definition) is 6. The number of piperazine rings is 1. The molecule has 194 valence electrons. The van der Waals surface area contributed by atoms with Crippen LogP contribution in [0.4, 0.5) is 9.18 Å². The summed E-state index contributed by atoms with van der Waals surface area (Å²) in [6.07, 6.45) is 1.50. The molecule has 1 fully saturated rings. The Morgan fingerprint density at radius 1 is 1.00 bits per heavy atom. The zero-order chi connectivity index (χ0) is 25.8. The maximum atomic E-state index is 13.1. The van der Waals surface area contributed by atoms with Crippen molar-refractivity contribution in [2.75, 3.05) is 46.3 Å². The Hall–Kier alpha value is -3.25. The molecule has 0 radical (unpaired) electrons. The average molecular weight is 496 g/mol. The fourth-order valence-corrected chi connectivity index (χ4v) is 3.79. The summed E-state index contributed by atoms with van der Waals surface area (Å²) in [6.45, 7) is 2.19. The van der Waals surface area contributed by atoms with E-state index in [1.54, 1.807) is 29.0 Å². The van der Waals surface area contributed by atoms with Crippen LogP contribution in [0.3, 0.4) is 0 Å². The van der Waals surface area contributed by atoms with Crippen molar-refractivity contribution in [1.29, 1.82) is 0 Å². The van der Waals surface area contributed by atoms with Crippen LogP contribution in [-0.2, 0) is 20.8 Å². The number of nitrogens with one attached hydrogen (secondary N) is 3. The number of aliphatic carboxylic acids is 2. The molecular weight excluding hydrogens is 461 g/mol. The topological polar surface area (TPSA) is 151 Å². The van der Waals surface area contributed by atoms with E-state index < -0.39 is 29.9 Å². The van der Waals surface area contributed by atoms with Gasteiger partial charge in [0.25, 0.3) is 0 Å². The van der Waals surface area contributed by atoms with E-state index in [-0.39, 0.29) is 31.2 Å². The maximum Gasteiger partial charge on any atom is 0.326 e. The van der Waals surface area contributed by atoms with Crippen LogP contribution in [0.15, 0.2) is 24.3 Å². The molecule has 1 heterocycles. The van der Waals surface area contributed by atoms with Crippen LogP contribution in [0, 0.1) is 5.82 Å². The van der Waals surface area contributed by atoms with Gasteiger partial charge in [0.05, 0.1) is 12.6 Å². The van der Waals surface area contributed by atoms with Crippen molar-refractivity contribution >= 4 is 23.9 Å². The van der Waals surface area contributed by atoms with Gasteiger partial charge >= 0.3 is 18.0 Å². The first kappa shape index (κ1) is 28.0. The Balaban J connectivity index is 1.70. The summed E-state index contributed by atoms with van der Waals surface area (Å²) in [6, 6.07) is 3.79. The van der Waals surface area contributed by atoms with Crippen molar-refractivity contribution in [2.45, 2.75) is 37.8 Å².